The molecule has 1 saturated carbocycles. The fourth-order valence-electron chi connectivity index (χ4n) is 3.36. The highest BCUT2D eigenvalue weighted by Gasteiger charge is 2.28. The number of carbonyl (C=O) groups excluding carboxylic acids is 2. The van der Waals surface area contributed by atoms with Crippen molar-refractivity contribution in [3.05, 3.63) is 46.4 Å². The van der Waals surface area contributed by atoms with E-state index >= 15 is 0 Å². The van der Waals surface area contributed by atoms with Gasteiger partial charge in [-0.1, -0.05) is 0 Å². The number of pyridine rings is 1. The van der Waals surface area contributed by atoms with Gasteiger partial charge in [-0.25, -0.2) is 0 Å². The minimum Gasteiger partial charge on any atom is -0.338 e. The van der Waals surface area contributed by atoms with Crippen LogP contribution in [-0.2, 0) is 0 Å². The van der Waals surface area contributed by atoms with Crippen molar-refractivity contribution in [3.63, 3.8) is 0 Å². The SMILES string of the molecule is Cl.Cl.O=C(Nc1ccsc1C(=O)N1CCC(NCC2CC2)CC1)c1ccncc1. The highest BCUT2D eigenvalue weighted by Crippen LogP contribution is 2.29. The van der Waals surface area contributed by atoms with Crippen molar-refractivity contribution in [2.45, 2.75) is 31.7 Å². The molecule has 2 N–H and O–H groups in total. The van der Waals surface area contributed by atoms with Crippen LogP contribution in [0.5, 0.6) is 0 Å². The van der Waals surface area contributed by atoms with Gasteiger partial charge in [0.05, 0.1) is 5.69 Å². The monoisotopic (exact) mass is 456 g/mol. The highest BCUT2D eigenvalue weighted by atomic mass is 35.5. The van der Waals surface area contributed by atoms with Gasteiger partial charge < -0.3 is 15.5 Å². The van der Waals surface area contributed by atoms with E-state index in [4.69, 9.17) is 0 Å². The Labute approximate surface area is 187 Å². The summed E-state index contributed by atoms with van der Waals surface area (Å²) in [6.45, 7) is 2.64. The second-order valence-electron chi connectivity index (χ2n) is 7.27. The molecule has 1 aliphatic carbocycles. The molecule has 0 unspecified atom stereocenters. The largest absolute Gasteiger partial charge is 0.338 e. The number of nitrogens with zero attached hydrogens (tertiary/aromatic N) is 2. The van der Waals surface area contributed by atoms with Gasteiger partial charge in [0.25, 0.3) is 11.8 Å². The Kier molecular flexibility index (Phi) is 8.89. The van der Waals surface area contributed by atoms with E-state index in [0.29, 0.717) is 22.2 Å². The first-order chi connectivity index (χ1) is 13.2. The summed E-state index contributed by atoms with van der Waals surface area (Å²) in [5, 5.41) is 8.34. The van der Waals surface area contributed by atoms with Gasteiger partial charge in [0.15, 0.2) is 0 Å². The van der Waals surface area contributed by atoms with Crippen LogP contribution in [0.4, 0.5) is 5.69 Å². The van der Waals surface area contributed by atoms with Crippen molar-refractivity contribution >= 4 is 53.7 Å². The Morgan fingerprint density at radius 1 is 1.07 bits per heavy atom. The van der Waals surface area contributed by atoms with Gasteiger partial charge in [0.2, 0.25) is 0 Å². The van der Waals surface area contributed by atoms with Crippen LogP contribution in [0.3, 0.4) is 0 Å². The molecule has 0 bridgehead atoms. The molecular formula is C20H26Cl2N4O2S. The number of aromatic nitrogens is 1. The summed E-state index contributed by atoms with van der Waals surface area (Å²) in [5.74, 6) is 0.658. The number of carbonyl (C=O) groups is 2. The average Bonchev–Trinajstić information content (AvgIpc) is 3.44. The minimum absolute atomic E-state index is 0. The van der Waals surface area contributed by atoms with Gasteiger partial charge in [0, 0.05) is 37.1 Å². The van der Waals surface area contributed by atoms with Crippen LogP contribution < -0.4 is 10.6 Å². The zero-order valence-electron chi connectivity index (χ0n) is 16.0. The second kappa shape index (κ2) is 10.9. The number of rotatable bonds is 6. The molecule has 0 spiro atoms. The van der Waals surface area contributed by atoms with E-state index in [1.54, 1.807) is 30.6 Å². The Morgan fingerprint density at radius 2 is 1.76 bits per heavy atom. The van der Waals surface area contributed by atoms with E-state index in [9.17, 15) is 9.59 Å². The standard InChI is InChI=1S/C20H24N4O2S.2ClH/c25-19(15-3-8-21-9-4-15)23-17-7-12-27-18(17)20(26)24-10-5-16(6-11-24)22-13-14-1-2-14;;/h3-4,7-9,12,14,16,22H,1-2,5-6,10-11,13H2,(H,23,25);2*1H. The number of amides is 2. The number of likely N-dealkylation sites (tertiary alicyclic amines) is 1. The summed E-state index contributed by atoms with van der Waals surface area (Å²) in [7, 11) is 0. The zero-order chi connectivity index (χ0) is 18.6. The predicted octanol–water partition coefficient (Wildman–Crippen LogP) is 3.84. The van der Waals surface area contributed by atoms with Crippen LogP contribution in [0, 0.1) is 5.92 Å². The molecule has 9 heteroatoms. The number of nitrogens with one attached hydrogen (secondary N) is 2. The van der Waals surface area contributed by atoms with E-state index in [2.05, 4.69) is 15.6 Å². The molecule has 1 aliphatic heterocycles. The number of halogens is 2. The van der Waals surface area contributed by atoms with Gasteiger partial charge in [0.1, 0.15) is 4.88 Å². The van der Waals surface area contributed by atoms with Crippen molar-refractivity contribution in [2.75, 3.05) is 25.0 Å². The van der Waals surface area contributed by atoms with Crippen LogP contribution in [0.25, 0.3) is 0 Å². The summed E-state index contributed by atoms with van der Waals surface area (Å²) in [5.41, 5.74) is 1.11. The lowest BCUT2D eigenvalue weighted by Crippen LogP contribution is -2.45. The van der Waals surface area contributed by atoms with E-state index in [-0.39, 0.29) is 36.6 Å². The number of anilines is 1. The predicted molar refractivity (Wildman–Crippen MR) is 121 cm³/mol. The Balaban J connectivity index is 0.00000150. The van der Waals surface area contributed by atoms with Gasteiger partial charge in [-0.05, 0) is 61.7 Å². The molecule has 2 aromatic heterocycles. The van der Waals surface area contributed by atoms with Crippen molar-refractivity contribution in [2.24, 2.45) is 5.92 Å². The Morgan fingerprint density at radius 3 is 2.41 bits per heavy atom. The van der Waals surface area contributed by atoms with Gasteiger partial charge >= 0.3 is 0 Å². The summed E-state index contributed by atoms with van der Waals surface area (Å²) in [4.78, 5) is 31.7. The number of piperidine rings is 1. The summed E-state index contributed by atoms with van der Waals surface area (Å²) in [6, 6.07) is 5.62. The van der Waals surface area contributed by atoms with Crippen LogP contribution in [0.15, 0.2) is 36.0 Å². The number of hydrogen-bond donors (Lipinski definition) is 2. The Hall–Kier alpha value is -1.67. The number of hydrogen-bond acceptors (Lipinski definition) is 5. The minimum atomic E-state index is -0.229. The lowest BCUT2D eigenvalue weighted by Gasteiger charge is -2.32. The first-order valence-electron chi connectivity index (χ1n) is 9.52. The average molecular weight is 457 g/mol. The fraction of sp³-hybridized carbons (Fsp3) is 0.450. The van der Waals surface area contributed by atoms with Gasteiger partial charge in [-0.3, -0.25) is 14.6 Å². The molecule has 2 aliphatic rings. The van der Waals surface area contributed by atoms with Crippen molar-refractivity contribution in [3.8, 4) is 0 Å². The lowest BCUT2D eigenvalue weighted by molar-refractivity contribution is 0.0711. The van der Waals surface area contributed by atoms with E-state index in [1.165, 1.54) is 24.2 Å². The maximum Gasteiger partial charge on any atom is 0.266 e. The zero-order valence-corrected chi connectivity index (χ0v) is 18.5. The smallest absolute Gasteiger partial charge is 0.266 e. The van der Waals surface area contributed by atoms with Crippen molar-refractivity contribution < 1.29 is 9.59 Å². The molecule has 2 aromatic rings. The van der Waals surface area contributed by atoms with Gasteiger partial charge in [-0.2, -0.15) is 0 Å². The molecule has 4 rings (SSSR count). The van der Waals surface area contributed by atoms with Crippen LogP contribution in [-0.4, -0.2) is 47.4 Å². The first-order valence-corrected chi connectivity index (χ1v) is 10.4. The first kappa shape index (κ1) is 23.6. The van der Waals surface area contributed by atoms with E-state index < -0.39 is 0 Å². The van der Waals surface area contributed by atoms with Crippen LogP contribution in [0.2, 0.25) is 0 Å². The van der Waals surface area contributed by atoms with E-state index in [1.807, 2.05) is 10.3 Å². The molecule has 0 aromatic carbocycles. The van der Waals surface area contributed by atoms with E-state index in [0.717, 1.165) is 38.4 Å². The third-order valence-electron chi connectivity index (χ3n) is 5.22. The molecule has 0 radical (unpaired) electrons. The summed E-state index contributed by atoms with van der Waals surface area (Å²) < 4.78 is 0. The summed E-state index contributed by atoms with van der Waals surface area (Å²) >= 11 is 1.38. The quantitative estimate of drug-likeness (QED) is 0.691. The van der Waals surface area contributed by atoms with Crippen molar-refractivity contribution in [1.29, 1.82) is 0 Å². The molecule has 29 heavy (non-hydrogen) atoms. The fourth-order valence-corrected chi connectivity index (χ4v) is 4.17. The Bertz CT molecular complexity index is 806. The number of thiophene rings is 1. The molecule has 2 amide bonds. The molecule has 3 heterocycles. The molecule has 158 valence electrons. The molecule has 6 nitrogen and oxygen atoms in total. The molecule has 0 atom stereocenters. The third kappa shape index (κ3) is 6.15. The topological polar surface area (TPSA) is 74.3 Å². The van der Waals surface area contributed by atoms with Gasteiger partial charge in [-0.15, -0.1) is 36.2 Å². The normalized spacial score (nSPS) is 16.5. The highest BCUT2D eigenvalue weighted by molar-refractivity contribution is 7.12. The second-order valence-corrected chi connectivity index (χ2v) is 8.19. The van der Waals surface area contributed by atoms with Crippen LogP contribution in [0.1, 0.15) is 45.7 Å². The van der Waals surface area contributed by atoms with Crippen molar-refractivity contribution in [1.82, 2.24) is 15.2 Å². The maximum atomic E-state index is 12.9. The third-order valence-corrected chi connectivity index (χ3v) is 6.13. The molecular weight excluding hydrogens is 431 g/mol. The summed E-state index contributed by atoms with van der Waals surface area (Å²) in [6.07, 6.45) is 7.85. The maximum absolute atomic E-state index is 12.9. The molecule has 2 fully saturated rings. The molecule has 1 saturated heterocycles. The van der Waals surface area contributed by atoms with Crippen LogP contribution >= 0.6 is 36.2 Å². The lowest BCUT2D eigenvalue weighted by atomic mass is 10.0.